The zero-order valence-electron chi connectivity index (χ0n) is 11.1. The van der Waals surface area contributed by atoms with Crippen LogP contribution in [0, 0.1) is 0 Å². The summed E-state index contributed by atoms with van der Waals surface area (Å²) in [6.45, 7) is 7.00. The summed E-state index contributed by atoms with van der Waals surface area (Å²) in [6.07, 6.45) is 0.936. The molecule has 1 unspecified atom stereocenters. The lowest BCUT2D eigenvalue weighted by Crippen LogP contribution is -2.10. The van der Waals surface area contributed by atoms with E-state index < -0.39 is 0 Å². The molecule has 1 heterocycles. The Bertz CT molecular complexity index is 601. The zero-order chi connectivity index (χ0) is 13.1. The molecule has 3 heteroatoms. The Morgan fingerprint density at radius 3 is 2.72 bits per heavy atom. The largest absolute Gasteiger partial charge is 0.422 e. The van der Waals surface area contributed by atoms with E-state index in [0.717, 1.165) is 29.6 Å². The van der Waals surface area contributed by atoms with E-state index >= 15 is 0 Å². The Kier molecular flexibility index (Phi) is 3.70. The van der Waals surface area contributed by atoms with Crippen LogP contribution in [0.1, 0.15) is 38.7 Å². The third kappa shape index (κ3) is 2.40. The molecule has 0 amide bonds. The van der Waals surface area contributed by atoms with Crippen molar-refractivity contribution in [2.75, 3.05) is 11.9 Å². The van der Waals surface area contributed by atoms with Crippen LogP contribution < -0.4 is 10.9 Å². The lowest BCUT2D eigenvalue weighted by atomic mass is 9.99. The van der Waals surface area contributed by atoms with Gasteiger partial charge in [-0.1, -0.05) is 13.8 Å². The molecule has 0 radical (unpaired) electrons. The van der Waals surface area contributed by atoms with Crippen molar-refractivity contribution in [3.05, 3.63) is 40.2 Å². The van der Waals surface area contributed by atoms with Gasteiger partial charge in [0.1, 0.15) is 5.58 Å². The quantitative estimate of drug-likeness (QED) is 0.834. The van der Waals surface area contributed by atoms with E-state index in [2.05, 4.69) is 12.2 Å². The second-order valence-corrected chi connectivity index (χ2v) is 4.58. The summed E-state index contributed by atoms with van der Waals surface area (Å²) in [5.41, 5.74) is 2.17. The van der Waals surface area contributed by atoms with Crippen molar-refractivity contribution in [2.24, 2.45) is 0 Å². The first kappa shape index (κ1) is 12.7. The fraction of sp³-hybridized carbons (Fsp3) is 0.400. The molecule has 0 aliphatic heterocycles. The first-order valence-electron chi connectivity index (χ1n) is 6.47. The summed E-state index contributed by atoms with van der Waals surface area (Å²) in [5, 5.41) is 4.18. The maximum absolute atomic E-state index is 11.9. The summed E-state index contributed by atoms with van der Waals surface area (Å²) in [6, 6.07) is 7.82. The molecular formula is C15H19NO2. The SMILES string of the molecule is CCNc1ccc2cc(C(C)CC)c(=O)oc2c1. The van der Waals surface area contributed by atoms with Gasteiger partial charge in [0.05, 0.1) is 0 Å². The van der Waals surface area contributed by atoms with Gasteiger partial charge in [0, 0.05) is 29.2 Å². The molecule has 1 N–H and O–H groups in total. The lowest BCUT2D eigenvalue weighted by molar-refractivity contribution is 0.537. The number of benzene rings is 1. The predicted molar refractivity (Wildman–Crippen MR) is 75.4 cm³/mol. The van der Waals surface area contributed by atoms with Gasteiger partial charge in [0.25, 0.3) is 0 Å². The smallest absolute Gasteiger partial charge is 0.339 e. The molecule has 2 aromatic rings. The second-order valence-electron chi connectivity index (χ2n) is 4.58. The molecule has 1 aromatic carbocycles. The number of anilines is 1. The van der Waals surface area contributed by atoms with E-state index in [1.807, 2.05) is 38.1 Å². The maximum Gasteiger partial charge on any atom is 0.339 e. The standard InChI is InChI=1S/C15H19NO2/c1-4-10(3)13-8-11-6-7-12(16-5-2)9-14(11)18-15(13)17/h6-10,16H,4-5H2,1-3H3. The Hall–Kier alpha value is -1.77. The highest BCUT2D eigenvalue weighted by Crippen LogP contribution is 2.22. The van der Waals surface area contributed by atoms with Crippen LogP contribution >= 0.6 is 0 Å². The first-order chi connectivity index (χ1) is 8.65. The molecule has 0 spiro atoms. The predicted octanol–water partition coefficient (Wildman–Crippen LogP) is 3.74. The second kappa shape index (κ2) is 5.25. The summed E-state index contributed by atoms with van der Waals surface area (Å²) < 4.78 is 5.41. The maximum atomic E-state index is 11.9. The highest BCUT2D eigenvalue weighted by atomic mass is 16.4. The molecule has 0 saturated heterocycles. The zero-order valence-corrected chi connectivity index (χ0v) is 11.1. The van der Waals surface area contributed by atoms with Crippen molar-refractivity contribution in [2.45, 2.75) is 33.1 Å². The van der Waals surface area contributed by atoms with Crippen molar-refractivity contribution in [3.63, 3.8) is 0 Å². The molecule has 1 aromatic heterocycles. The average molecular weight is 245 g/mol. The fourth-order valence-corrected chi connectivity index (χ4v) is 2.00. The van der Waals surface area contributed by atoms with Gasteiger partial charge < -0.3 is 9.73 Å². The third-order valence-electron chi connectivity index (χ3n) is 3.29. The van der Waals surface area contributed by atoms with Crippen LogP contribution in [0.4, 0.5) is 5.69 Å². The van der Waals surface area contributed by atoms with E-state index in [-0.39, 0.29) is 11.5 Å². The van der Waals surface area contributed by atoms with Gasteiger partial charge >= 0.3 is 5.63 Å². The molecular weight excluding hydrogens is 226 g/mol. The summed E-state index contributed by atoms with van der Waals surface area (Å²) in [5.74, 6) is 0.235. The van der Waals surface area contributed by atoms with Crippen LogP contribution in [0.5, 0.6) is 0 Å². The van der Waals surface area contributed by atoms with Gasteiger partial charge in [-0.3, -0.25) is 0 Å². The summed E-state index contributed by atoms with van der Waals surface area (Å²) >= 11 is 0. The number of nitrogens with one attached hydrogen (secondary N) is 1. The molecule has 0 aliphatic rings. The minimum absolute atomic E-state index is 0.217. The minimum atomic E-state index is -0.217. The third-order valence-corrected chi connectivity index (χ3v) is 3.29. The normalized spacial score (nSPS) is 12.6. The number of rotatable bonds is 4. The van der Waals surface area contributed by atoms with E-state index in [0.29, 0.717) is 5.58 Å². The van der Waals surface area contributed by atoms with Crippen LogP contribution in [-0.4, -0.2) is 6.54 Å². The van der Waals surface area contributed by atoms with E-state index in [1.165, 1.54) is 0 Å². The molecule has 2 rings (SSSR count). The van der Waals surface area contributed by atoms with Crippen molar-refractivity contribution in [1.82, 2.24) is 0 Å². The van der Waals surface area contributed by atoms with Crippen LogP contribution in [-0.2, 0) is 0 Å². The summed E-state index contributed by atoms with van der Waals surface area (Å²) in [4.78, 5) is 11.9. The van der Waals surface area contributed by atoms with Crippen LogP contribution in [0.3, 0.4) is 0 Å². The van der Waals surface area contributed by atoms with E-state index in [4.69, 9.17) is 4.42 Å². The van der Waals surface area contributed by atoms with E-state index in [9.17, 15) is 4.79 Å². The first-order valence-corrected chi connectivity index (χ1v) is 6.47. The molecule has 18 heavy (non-hydrogen) atoms. The van der Waals surface area contributed by atoms with E-state index in [1.54, 1.807) is 0 Å². The molecule has 0 saturated carbocycles. The molecule has 96 valence electrons. The molecule has 3 nitrogen and oxygen atoms in total. The average Bonchev–Trinajstić information content (AvgIpc) is 2.37. The minimum Gasteiger partial charge on any atom is -0.422 e. The monoisotopic (exact) mass is 245 g/mol. The summed E-state index contributed by atoms with van der Waals surface area (Å²) in [7, 11) is 0. The van der Waals surface area contributed by atoms with Gasteiger partial charge in [-0.15, -0.1) is 0 Å². The Labute approximate surface area is 107 Å². The van der Waals surface area contributed by atoms with Gasteiger partial charge in [-0.25, -0.2) is 4.79 Å². The molecule has 0 aliphatic carbocycles. The Morgan fingerprint density at radius 1 is 1.28 bits per heavy atom. The number of hydrogen-bond donors (Lipinski definition) is 1. The van der Waals surface area contributed by atoms with Crippen molar-refractivity contribution in [3.8, 4) is 0 Å². The van der Waals surface area contributed by atoms with Crippen LogP contribution in [0.15, 0.2) is 33.5 Å². The fourth-order valence-electron chi connectivity index (χ4n) is 2.00. The van der Waals surface area contributed by atoms with Gasteiger partial charge in [-0.05, 0) is 37.5 Å². The van der Waals surface area contributed by atoms with Crippen molar-refractivity contribution in [1.29, 1.82) is 0 Å². The highest BCUT2D eigenvalue weighted by Gasteiger charge is 2.11. The molecule has 0 bridgehead atoms. The van der Waals surface area contributed by atoms with Gasteiger partial charge in [0.15, 0.2) is 0 Å². The van der Waals surface area contributed by atoms with Gasteiger partial charge in [0.2, 0.25) is 0 Å². The Balaban J connectivity index is 2.53. The lowest BCUT2D eigenvalue weighted by Gasteiger charge is -2.09. The molecule has 0 fully saturated rings. The van der Waals surface area contributed by atoms with Crippen molar-refractivity contribution < 1.29 is 4.42 Å². The topological polar surface area (TPSA) is 42.2 Å². The van der Waals surface area contributed by atoms with Crippen LogP contribution in [0.2, 0.25) is 0 Å². The Morgan fingerprint density at radius 2 is 2.06 bits per heavy atom. The van der Waals surface area contributed by atoms with Gasteiger partial charge in [-0.2, -0.15) is 0 Å². The number of hydrogen-bond acceptors (Lipinski definition) is 3. The highest BCUT2D eigenvalue weighted by molar-refractivity contribution is 5.80. The van der Waals surface area contributed by atoms with Crippen LogP contribution in [0.25, 0.3) is 11.0 Å². The molecule has 1 atom stereocenters. The number of fused-ring (bicyclic) bond motifs is 1. The van der Waals surface area contributed by atoms with Crippen molar-refractivity contribution >= 4 is 16.7 Å².